The summed E-state index contributed by atoms with van der Waals surface area (Å²) in [5.41, 5.74) is 4.83. The van der Waals surface area contributed by atoms with E-state index >= 15 is 0 Å². The highest BCUT2D eigenvalue weighted by molar-refractivity contribution is 5.32. The van der Waals surface area contributed by atoms with E-state index in [1.54, 1.807) is 12.1 Å². The van der Waals surface area contributed by atoms with E-state index in [2.05, 4.69) is 44.3 Å². The van der Waals surface area contributed by atoms with Gasteiger partial charge in [0.25, 0.3) is 0 Å². The number of halogens is 1. The molecule has 0 bridgehead atoms. The van der Waals surface area contributed by atoms with Crippen LogP contribution in [0.4, 0.5) is 4.39 Å². The maximum Gasteiger partial charge on any atom is 0.123 e. The van der Waals surface area contributed by atoms with E-state index in [9.17, 15) is 4.39 Å². The van der Waals surface area contributed by atoms with Crippen molar-refractivity contribution in [3.8, 4) is 0 Å². The Balaban J connectivity index is 2.26. The monoisotopic (exact) mass is 271 g/mol. The fourth-order valence-electron chi connectivity index (χ4n) is 2.66. The standard InChI is InChI=1S/C18H22FN/c1-4-20-18(12-15-6-5-7-17(19)11-15)16-9-13(2)8-14(3)10-16/h5-11,18,20H,4,12H2,1-3H3. The van der Waals surface area contributed by atoms with Gasteiger partial charge in [0.15, 0.2) is 0 Å². The van der Waals surface area contributed by atoms with Gasteiger partial charge in [-0.15, -0.1) is 0 Å². The van der Waals surface area contributed by atoms with Crippen molar-refractivity contribution in [1.29, 1.82) is 0 Å². The van der Waals surface area contributed by atoms with Crippen molar-refractivity contribution in [3.05, 3.63) is 70.5 Å². The molecule has 2 aromatic rings. The number of hydrogen-bond donors (Lipinski definition) is 1. The molecule has 1 N–H and O–H groups in total. The van der Waals surface area contributed by atoms with Gasteiger partial charge in [-0.25, -0.2) is 4.39 Å². The Kier molecular flexibility index (Phi) is 4.91. The lowest BCUT2D eigenvalue weighted by Gasteiger charge is -2.20. The van der Waals surface area contributed by atoms with E-state index in [-0.39, 0.29) is 11.9 Å². The van der Waals surface area contributed by atoms with E-state index < -0.39 is 0 Å². The second-order valence-electron chi connectivity index (χ2n) is 5.37. The molecule has 0 fully saturated rings. The van der Waals surface area contributed by atoms with E-state index in [0.717, 1.165) is 18.5 Å². The lowest BCUT2D eigenvalue weighted by molar-refractivity contribution is 0.546. The Bertz CT molecular complexity index is 557. The normalized spacial score (nSPS) is 12.4. The Hall–Kier alpha value is -1.67. The summed E-state index contributed by atoms with van der Waals surface area (Å²) in [5, 5.41) is 3.50. The van der Waals surface area contributed by atoms with Crippen molar-refractivity contribution >= 4 is 0 Å². The summed E-state index contributed by atoms with van der Waals surface area (Å²) in [7, 11) is 0. The Labute approximate surface area is 120 Å². The molecule has 0 aliphatic rings. The number of nitrogens with one attached hydrogen (secondary N) is 1. The summed E-state index contributed by atoms with van der Waals surface area (Å²) in [6, 6.07) is 13.7. The summed E-state index contributed by atoms with van der Waals surface area (Å²) in [6.07, 6.45) is 0.800. The van der Waals surface area contributed by atoms with Crippen LogP contribution in [0.15, 0.2) is 42.5 Å². The summed E-state index contributed by atoms with van der Waals surface area (Å²) in [4.78, 5) is 0. The van der Waals surface area contributed by atoms with Crippen molar-refractivity contribution in [3.63, 3.8) is 0 Å². The van der Waals surface area contributed by atoms with Crippen molar-refractivity contribution in [1.82, 2.24) is 5.32 Å². The third-order valence-corrected chi connectivity index (χ3v) is 3.43. The minimum Gasteiger partial charge on any atom is -0.310 e. The SMILES string of the molecule is CCNC(Cc1cccc(F)c1)c1cc(C)cc(C)c1. The Morgan fingerprint density at radius 2 is 1.75 bits per heavy atom. The maximum atomic E-state index is 13.3. The van der Waals surface area contributed by atoms with Gasteiger partial charge in [0.1, 0.15) is 5.82 Å². The first-order chi connectivity index (χ1) is 9.58. The molecule has 1 unspecified atom stereocenters. The maximum absolute atomic E-state index is 13.3. The van der Waals surface area contributed by atoms with Crippen LogP contribution in [-0.2, 0) is 6.42 Å². The Morgan fingerprint density at radius 1 is 1.05 bits per heavy atom. The van der Waals surface area contributed by atoms with Crippen LogP contribution >= 0.6 is 0 Å². The minimum absolute atomic E-state index is 0.168. The van der Waals surface area contributed by atoms with Crippen LogP contribution in [0.2, 0.25) is 0 Å². The van der Waals surface area contributed by atoms with Gasteiger partial charge in [0.05, 0.1) is 0 Å². The van der Waals surface area contributed by atoms with Gasteiger partial charge < -0.3 is 5.32 Å². The highest BCUT2D eigenvalue weighted by atomic mass is 19.1. The van der Waals surface area contributed by atoms with Gasteiger partial charge in [-0.2, -0.15) is 0 Å². The van der Waals surface area contributed by atoms with E-state index in [1.807, 2.05) is 6.07 Å². The van der Waals surface area contributed by atoms with Crippen LogP contribution in [0.3, 0.4) is 0 Å². The van der Waals surface area contributed by atoms with Crippen molar-refractivity contribution in [2.24, 2.45) is 0 Å². The number of likely N-dealkylation sites (N-methyl/N-ethyl adjacent to an activating group) is 1. The van der Waals surface area contributed by atoms with Crippen LogP contribution in [0.5, 0.6) is 0 Å². The zero-order valence-corrected chi connectivity index (χ0v) is 12.4. The van der Waals surface area contributed by atoms with Gasteiger partial charge in [-0.1, -0.05) is 48.4 Å². The van der Waals surface area contributed by atoms with Gasteiger partial charge in [-0.05, 0) is 50.1 Å². The molecule has 0 aliphatic carbocycles. The first kappa shape index (κ1) is 14.7. The van der Waals surface area contributed by atoms with Gasteiger partial charge >= 0.3 is 0 Å². The third-order valence-electron chi connectivity index (χ3n) is 3.43. The third kappa shape index (κ3) is 3.91. The Morgan fingerprint density at radius 3 is 2.35 bits per heavy atom. The second-order valence-corrected chi connectivity index (χ2v) is 5.37. The van der Waals surface area contributed by atoms with Gasteiger partial charge in [-0.3, -0.25) is 0 Å². The number of hydrogen-bond acceptors (Lipinski definition) is 1. The van der Waals surface area contributed by atoms with Crippen molar-refractivity contribution < 1.29 is 4.39 Å². The van der Waals surface area contributed by atoms with Crippen LogP contribution in [0, 0.1) is 19.7 Å². The first-order valence-corrected chi connectivity index (χ1v) is 7.14. The fourth-order valence-corrected chi connectivity index (χ4v) is 2.66. The number of benzene rings is 2. The summed E-state index contributed by atoms with van der Waals surface area (Å²) in [5.74, 6) is -0.168. The zero-order chi connectivity index (χ0) is 14.5. The molecule has 1 atom stereocenters. The molecule has 1 nitrogen and oxygen atoms in total. The molecule has 0 spiro atoms. The average Bonchev–Trinajstić information content (AvgIpc) is 2.37. The second kappa shape index (κ2) is 6.67. The van der Waals surface area contributed by atoms with Gasteiger partial charge in [0, 0.05) is 6.04 Å². The molecule has 0 radical (unpaired) electrons. The van der Waals surface area contributed by atoms with Crippen LogP contribution in [-0.4, -0.2) is 6.54 Å². The molecule has 0 saturated heterocycles. The van der Waals surface area contributed by atoms with E-state index in [4.69, 9.17) is 0 Å². The van der Waals surface area contributed by atoms with Gasteiger partial charge in [0.2, 0.25) is 0 Å². The smallest absolute Gasteiger partial charge is 0.123 e. The highest BCUT2D eigenvalue weighted by Gasteiger charge is 2.12. The molecular formula is C18H22FN. The molecule has 2 aromatic carbocycles. The average molecular weight is 271 g/mol. The lowest BCUT2D eigenvalue weighted by Crippen LogP contribution is -2.23. The molecule has 106 valence electrons. The topological polar surface area (TPSA) is 12.0 Å². The molecule has 0 aliphatic heterocycles. The summed E-state index contributed by atoms with van der Waals surface area (Å²) in [6.45, 7) is 7.22. The molecule has 2 rings (SSSR count). The van der Waals surface area contributed by atoms with Crippen molar-refractivity contribution in [2.45, 2.75) is 33.2 Å². The number of rotatable bonds is 5. The predicted octanol–water partition coefficient (Wildman–Crippen LogP) is 4.34. The minimum atomic E-state index is -0.168. The van der Waals surface area contributed by atoms with Crippen LogP contribution in [0.25, 0.3) is 0 Å². The first-order valence-electron chi connectivity index (χ1n) is 7.14. The largest absolute Gasteiger partial charge is 0.310 e. The highest BCUT2D eigenvalue weighted by Crippen LogP contribution is 2.21. The quantitative estimate of drug-likeness (QED) is 0.853. The molecule has 20 heavy (non-hydrogen) atoms. The molecule has 0 saturated carbocycles. The summed E-state index contributed by atoms with van der Waals surface area (Å²) >= 11 is 0. The molecule has 0 amide bonds. The lowest BCUT2D eigenvalue weighted by atomic mass is 9.96. The zero-order valence-electron chi connectivity index (χ0n) is 12.4. The molecule has 0 heterocycles. The molecule has 0 aromatic heterocycles. The van der Waals surface area contributed by atoms with E-state index in [0.29, 0.717) is 0 Å². The molecular weight excluding hydrogens is 249 g/mol. The van der Waals surface area contributed by atoms with Crippen LogP contribution < -0.4 is 5.32 Å². The van der Waals surface area contributed by atoms with E-state index in [1.165, 1.54) is 22.8 Å². The fraction of sp³-hybridized carbons (Fsp3) is 0.333. The molecule has 2 heteroatoms. The number of aryl methyl sites for hydroxylation is 2. The van der Waals surface area contributed by atoms with Crippen LogP contribution in [0.1, 0.15) is 35.2 Å². The summed E-state index contributed by atoms with van der Waals surface area (Å²) < 4.78 is 13.3. The van der Waals surface area contributed by atoms with Crippen molar-refractivity contribution in [2.75, 3.05) is 6.54 Å². The predicted molar refractivity (Wildman–Crippen MR) is 82.4 cm³/mol.